The molecule has 2 aromatic rings. The maximum absolute atomic E-state index is 6.00. The standard InChI is InChI=1S/C11H11ClN4/c12-9-5-7(1-4-10(9)13)11-15-14-6-16(11)8-2-3-8/h1,4-6,8H,2-3,13H2. The molecule has 1 aliphatic carbocycles. The van der Waals surface area contributed by atoms with Crippen LogP contribution in [-0.4, -0.2) is 14.8 Å². The summed E-state index contributed by atoms with van der Waals surface area (Å²) >= 11 is 6.00. The monoisotopic (exact) mass is 234 g/mol. The molecule has 1 fully saturated rings. The van der Waals surface area contributed by atoms with Crippen molar-refractivity contribution in [3.63, 3.8) is 0 Å². The van der Waals surface area contributed by atoms with Gasteiger partial charge < -0.3 is 10.3 Å². The van der Waals surface area contributed by atoms with Crippen molar-refractivity contribution in [2.75, 3.05) is 5.73 Å². The van der Waals surface area contributed by atoms with Crippen LogP contribution in [0.1, 0.15) is 18.9 Å². The molecule has 82 valence electrons. The fourth-order valence-electron chi connectivity index (χ4n) is 1.74. The van der Waals surface area contributed by atoms with Crippen LogP contribution in [0.2, 0.25) is 5.02 Å². The zero-order valence-corrected chi connectivity index (χ0v) is 9.35. The molecular formula is C11H11ClN4. The highest BCUT2D eigenvalue weighted by molar-refractivity contribution is 6.33. The van der Waals surface area contributed by atoms with E-state index in [1.807, 2.05) is 12.1 Å². The van der Waals surface area contributed by atoms with Crippen LogP contribution in [-0.2, 0) is 0 Å². The number of nitrogens with zero attached hydrogens (tertiary/aromatic N) is 3. The van der Waals surface area contributed by atoms with Gasteiger partial charge in [-0.1, -0.05) is 11.6 Å². The minimum atomic E-state index is 0.557. The molecule has 0 atom stereocenters. The van der Waals surface area contributed by atoms with Crippen LogP contribution < -0.4 is 5.73 Å². The van der Waals surface area contributed by atoms with E-state index in [9.17, 15) is 0 Å². The number of benzene rings is 1. The Kier molecular flexibility index (Phi) is 2.11. The minimum absolute atomic E-state index is 0.557. The van der Waals surface area contributed by atoms with Crippen molar-refractivity contribution in [1.82, 2.24) is 14.8 Å². The molecule has 5 heteroatoms. The summed E-state index contributed by atoms with van der Waals surface area (Å²) in [5, 5.41) is 8.64. The van der Waals surface area contributed by atoms with Gasteiger partial charge in [-0.05, 0) is 31.0 Å². The van der Waals surface area contributed by atoms with Crippen LogP contribution in [0.25, 0.3) is 11.4 Å². The van der Waals surface area contributed by atoms with Gasteiger partial charge in [0.05, 0.1) is 10.7 Å². The number of anilines is 1. The lowest BCUT2D eigenvalue weighted by molar-refractivity contribution is 0.746. The Morgan fingerprint density at radius 1 is 1.38 bits per heavy atom. The molecule has 0 aliphatic heterocycles. The lowest BCUT2D eigenvalue weighted by atomic mass is 10.2. The summed E-state index contributed by atoms with van der Waals surface area (Å²) in [5.41, 5.74) is 7.23. The SMILES string of the molecule is Nc1ccc(-c2nncn2C2CC2)cc1Cl. The van der Waals surface area contributed by atoms with E-state index in [2.05, 4.69) is 14.8 Å². The van der Waals surface area contributed by atoms with Crippen LogP contribution in [0.4, 0.5) is 5.69 Å². The predicted octanol–water partition coefficient (Wildman–Crippen LogP) is 2.52. The van der Waals surface area contributed by atoms with E-state index >= 15 is 0 Å². The second kappa shape index (κ2) is 3.49. The van der Waals surface area contributed by atoms with Gasteiger partial charge in [0.25, 0.3) is 0 Å². The van der Waals surface area contributed by atoms with Crippen LogP contribution in [0.15, 0.2) is 24.5 Å². The van der Waals surface area contributed by atoms with E-state index in [-0.39, 0.29) is 0 Å². The fraction of sp³-hybridized carbons (Fsp3) is 0.273. The summed E-state index contributed by atoms with van der Waals surface area (Å²) in [6.45, 7) is 0. The van der Waals surface area contributed by atoms with Gasteiger partial charge in [-0.3, -0.25) is 0 Å². The Hall–Kier alpha value is -1.55. The number of hydrogen-bond donors (Lipinski definition) is 1. The molecule has 0 radical (unpaired) electrons. The molecular weight excluding hydrogens is 224 g/mol. The van der Waals surface area contributed by atoms with Gasteiger partial charge in [-0.25, -0.2) is 0 Å². The van der Waals surface area contributed by atoms with Gasteiger partial charge in [0, 0.05) is 11.6 Å². The first-order chi connectivity index (χ1) is 7.75. The van der Waals surface area contributed by atoms with Crippen LogP contribution in [0.3, 0.4) is 0 Å². The highest BCUT2D eigenvalue weighted by Gasteiger charge is 2.26. The van der Waals surface area contributed by atoms with Crippen molar-refractivity contribution >= 4 is 17.3 Å². The average molecular weight is 235 g/mol. The van der Waals surface area contributed by atoms with Gasteiger partial charge in [0.15, 0.2) is 5.82 Å². The predicted molar refractivity (Wildman–Crippen MR) is 63.2 cm³/mol. The summed E-state index contributed by atoms with van der Waals surface area (Å²) in [5.74, 6) is 0.865. The zero-order valence-electron chi connectivity index (χ0n) is 8.60. The minimum Gasteiger partial charge on any atom is -0.398 e. The van der Waals surface area contributed by atoms with E-state index in [1.54, 1.807) is 12.4 Å². The number of hydrogen-bond acceptors (Lipinski definition) is 3. The van der Waals surface area contributed by atoms with Gasteiger partial charge in [-0.2, -0.15) is 0 Å². The molecule has 1 aromatic carbocycles. The number of nitrogens with two attached hydrogens (primary N) is 1. The summed E-state index contributed by atoms with van der Waals surface area (Å²) in [4.78, 5) is 0. The second-order valence-corrected chi connectivity index (χ2v) is 4.44. The van der Waals surface area contributed by atoms with Crippen molar-refractivity contribution in [1.29, 1.82) is 0 Å². The maximum Gasteiger partial charge on any atom is 0.164 e. The van der Waals surface area contributed by atoms with Crippen molar-refractivity contribution in [2.45, 2.75) is 18.9 Å². The van der Waals surface area contributed by atoms with Crippen molar-refractivity contribution in [3.8, 4) is 11.4 Å². The molecule has 0 saturated heterocycles. The third-order valence-corrected chi connectivity index (χ3v) is 3.10. The first kappa shape index (κ1) is 9.66. The van der Waals surface area contributed by atoms with Crippen molar-refractivity contribution < 1.29 is 0 Å². The van der Waals surface area contributed by atoms with Gasteiger partial charge in [0.2, 0.25) is 0 Å². The Bertz CT molecular complexity index is 531. The number of halogens is 1. The normalized spacial score (nSPS) is 15.3. The molecule has 0 amide bonds. The number of aromatic nitrogens is 3. The molecule has 16 heavy (non-hydrogen) atoms. The fourth-order valence-corrected chi connectivity index (χ4v) is 1.92. The lowest BCUT2D eigenvalue weighted by Crippen LogP contribution is -1.96. The molecule has 1 aliphatic rings. The third kappa shape index (κ3) is 1.55. The van der Waals surface area contributed by atoms with E-state index in [0.717, 1.165) is 11.4 Å². The number of nitrogen functional groups attached to an aromatic ring is 1. The molecule has 1 aromatic heterocycles. The van der Waals surface area contributed by atoms with Crippen molar-refractivity contribution in [2.24, 2.45) is 0 Å². The van der Waals surface area contributed by atoms with Crippen LogP contribution in [0.5, 0.6) is 0 Å². The summed E-state index contributed by atoms with van der Waals surface area (Å²) in [6.07, 6.45) is 4.18. The molecule has 0 bridgehead atoms. The third-order valence-electron chi connectivity index (χ3n) is 2.77. The summed E-state index contributed by atoms with van der Waals surface area (Å²) in [6, 6.07) is 6.11. The van der Waals surface area contributed by atoms with Crippen LogP contribution >= 0.6 is 11.6 Å². The van der Waals surface area contributed by atoms with Gasteiger partial charge >= 0.3 is 0 Å². The maximum atomic E-state index is 6.00. The molecule has 0 unspecified atom stereocenters. The molecule has 1 heterocycles. The lowest BCUT2D eigenvalue weighted by Gasteiger charge is -2.05. The molecule has 2 N–H and O–H groups in total. The highest BCUT2D eigenvalue weighted by atomic mass is 35.5. The van der Waals surface area contributed by atoms with E-state index in [1.165, 1.54) is 12.8 Å². The molecule has 1 saturated carbocycles. The summed E-state index contributed by atoms with van der Waals surface area (Å²) in [7, 11) is 0. The van der Waals surface area contributed by atoms with Gasteiger partial charge in [-0.15, -0.1) is 10.2 Å². The molecule has 0 spiro atoms. The first-order valence-electron chi connectivity index (χ1n) is 5.20. The van der Waals surface area contributed by atoms with Crippen LogP contribution in [0, 0.1) is 0 Å². The Balaban J connectivity index is 2.07. The quantitative estimate of drug-likeness (QED) is 0.813. The zero-order chi connectivity index (χ0) is 11.1. The molecule has 4 nitrogen and oxygen atoms in total. The highest BCUT2D eigenvalue weighted by Crippen LogP contribution is 2.38. The second-order valence-electron chi connectivity index (χ2n) is 4.03. The number of rotatable bonds is 2. The van der Waals surface area contributed by atoms with E-state index in [0.29, 0.717) is 16.8 Å². The van der Waals surface area contributed by atoms with E-state index < -0.39 is 0 Å². The van der Waals surface area contributed by atoms with E-state index in [4.69, 9.17) is 17.3 Å². The smallest absolute Gasteiger partial charge is 0.164 e. The summed E-state index contributed by atoms with van der Waals surface area (Å²) < 4.78 is 2.10. The Morgan fingerprint density at radius 2 is 2.19 bits per heavy atom. The van der Waals surface area contributed by atoms with Gasteiger partial charge in [0.1, 0.15) is 6.33 Å². The Labute approximate surface area is 98.0 Å². The Morgan fingerprint density at radius 3 is 2.88 bits per heavy atom. The average Bonchev–Trinajstić information content (AvgIpc) is 3.01. The van der Waals surface area contributed by atoms with Crippen molar-refractivity contribution in [3.05, 3.63) is 29.5 Å². The topological polar surface area (TPSA) is 56.7 Å². The molecule has 3 rings (SSSR count). The first-order valence-corrected chi connectivity index (χ1v) is 5.58. The largest absolute Gasteiger partial charge is 0.398 e.